The molecular weight excluding hydrogens is 418 g/mol. The smallest absolute Gasteiger partial charge is 0.331 e. The van der Waals surface area contributed by atoms with Crippen LogP contribution in [-0.4, -0.2) is 70.4 Å². The minimum Gasteiger partial charge on any atom is -0.478 e. The van der Waals surface area contributed by atoms with E-state index in [1.165, 1.54) is 6.42 Å². The van der Waals surface area contributed by atoms with E-state index in [1.807, 2.05) is 13.8 Å². The average Bonchev–Trinajstić information content (AvgIpc) is 2.79. The van der Waals surface area contributed by atoms with Crippen molar-refractivity contribution >= 4 is 17.8 Å². The van der Waals surface area contributed by atoms with Crippen molar-refractivity contribution in [2.45, 2.75) is 110 Å². The number of hydrogen-bond acceptors (Lipinski definition) is 4. The Hall–Kier alpha value is -1.89. The maximum atomic E-state index is 13.8. The van der Waals surface area contributed by atoms with Gasteiger partial charge >= 0.3 is 5.97 Å². The van der Waals surface area contributed by atoms with Crippen molar-refractivity contribution in [1.82, 2.24) is 15.1 Å². The van der Waals surface area contributed by atoms with Crippen LogP contribution in [0, 0.1) is 11.8 Å². The third kappa shape index (κ3) is 7.29. The first kappa shape index (κ1) is 27.4. The molecule has 2 aliphatic rings. The van der Waals surface area contributed by atoms with E-state index >= 15 is 0 Å². The van der Waals surface area contributed by atoms with Gasteiger partial charge in [0.05, 0.1) is 12.1 Å². The second-order valence-electron chi connectivity index (χ2n) is 10.6. The number of carbonyl (C=O) groups is 3. The molecule has 0 aromatic rings. The first-order valence-electron chi connectivity index (χ1n) is 12.8. The molecule has 2 unspecified atom stereocenters. The number of likely N-dealkylation sites (N-methyl/N-ethyl adjacent to an activating group) is 1. The molecule has 2 amide bonds. The standard InChI is InChI=1S/C26H45N3O4/c1-17(2)22(16-19(5)26(32)33)28(6)25(31)23(20-12-8-7-9-13-20)27-24(30)21-14-10-11-15-29(21)18(3)4/h16-18,20-23H,7-15H2,1-6H3,(H,27,30)(H,32,33)/b19-16+/t21?,22-,23?/m1/s1. The quantitative estimate of drug-likeness (QED) is 0.507. The highest BCUT2D eigenvalue weighted by Crippen LogP contribution is 2.29. The van der Waals surface area contributed by atoms with Crippen molar-refractivity contribution in [3.8, 4) is 0 Å². The minimum absolute atomic E-state index is 0.0425. The van der Waals surface area contributed by atoms with Crippen LogP contribution < -0.4 is 5.32 Å². The van der Waals surface area contributed by atoms with E-state index in [0.29, 0.717) is 0 Å². The summed E-state index contributed by atoms with van der Waals surface area (Å²) >= 11 is 0. The number of nitrogens with one attached hydrogen (secondary N) is 1. The molecule has 2 N–H and O–H groups in total. The molecule has 1 saturated carbocycles. The van der Waals surface area contributed by atoms with Crippen molar-refractivity contribution in [2.24, 2.45) is 11.8 Å². The number of aliphatic carboxylic acids is 1. The molecular formula is C26H45N3O4. The second kappa shape index (κ2) is 12.5. The lowest BCUT2D eigenvalue weighted by Gasteiger charge is -2.40. The maximum Gasteiger partial charge on any atom is 0.331 e. The van der Waals surface area contributed by atoms with Gasteiger partial charge in [0, 0.05) is 18.7 Å². The van der Waals surface area contributed by atoms with E-state index in [4.69, 9.17) is 0 Å². The van der Waals surface area contributed by atoms with E-state index in [-0.39, 0.29) is 47.3 Å². The summed E-state index contributed by atoms with van der Waals surface area (Å²) in [6.07, 6.45) is 9.77. The van der Waals surface area contributed by atoms with Crippen LogP contribution in [0.5, 0.6) is 0 Å². The van der Waals surface area contributed by atoms with Crippen LogP contribution in [0.1, 0.15) is 86.0 Å². The SMILES string of the molecule is C/C(=C\[C@H](C(C)C)N(C)C(=O)C(NC(=O)C1CCCCN1C(C)C)C1CCCCC1)C(=O)O. The number of rotatable bonds is 9. The Labute approximate surface area is 200 Å². The summed E-state index contributed by atoms with van der Waals surface area (Å²) in [5, 5.41) is 12.5. The lowest BCUT2D eigenvalue weighted by Crippen LogP contribution is -2.59. The van der Waals surface area contributed by atoms with Gasteiger partial charge in [-0.15, -0.1) is 0 Å². The molecule has 3 atom stereocenters. The van der Waals surface area contributed by atoms with Gasteiger partial charge in [-0.05, 0) is 64.8 Å². The second-order valence-corrected chi connectivity index (χ2v) is 10.6. The average molecular weight is 464 g/mol. The Morgan fingerprint density at radius 3 is 2.15 bits per heavy atom. The number of piperidine rings is 1. The number of carbonyl (C=O) groups excluding carboxylic acids is 2. The van der Waals surface area contributed by atoms with Gasteiger partial charge in [0.25, 0.3) is 0 Å². The fourth-order valence-corrected chi connectivity index (χ4v) is 5.40. The van der Waals surface area contributed by atoms with E-state index in [1.54, 1.807) is 24.9 Å². The van der Waals surface area contributed by atoms with Gasteiger partial charge in [0.2, 0.25) is 11.8 Å². The Bertz CT molecular complexity index is 712. The van der Waals surface area contributed by atoms with Crippen molar-refractivity contribution in [2.75, 3.05) is 13.6 Å². The summed E-state index contributed by atoms with van der Waals surface area (Å²) in [5.74, 6) is -0.976. The van der Waals surface area contributed by atoms with Crippen LogP contribution in [-0.2, 0) is 14.4 Å². The zero-order valence-corrected chi connectivity index (χ0v) is 21.5. The van der Waals surface area contributed by atoms with Crippen LogP contribution in [0.3, 0.4) is 0 Å². The Balaban J connectivity index is 2.28. The zero-order valence-electron chi connectivity index (χ0n) is 21.5. The number of carboxylic acids is 1. The van der Waals surface area contributed by atoms with Gasteiger partial charge in [-0.3, -0.25) is 14.5 Å². The number of hydrogen-bond donors (Lipinski definition) is 2. The number of nitrogens with zero attached hydrogens (tertiary/aromatic N) is 2. The Kier molecular flexibility index (Phi) is 10.4. The minimum atomic E-state index is -0.982. The number of likely N-dealkylation sites (tertiary alicyclic amines) is 1. The van der Waals surface area contributed by atoms with E-state index in [0.717, 1.165) is 51.5 Å². The molecule has 1 aliphatic heterocycles. The summed E-state index contributed by atoms with van der Waals surface area (Å²) in [6.45, 7) is 10.7. The van der Waals surface area contributed by atoms with Crippen LogP contribution >= 0.6 is 0 Å². The molecule has 0 spiro atoms. The van der Waals surface area contributed by atoms with Gasteiger partial charge in [0.1, 0.15) is 6.04 Å². The van der Waals surface area contributed by atoms with Crippen LogP contribution in [0.2, 0.25) is 0 Å². The lowest BCUT2D eigenvalue weighted by atomic mass is 9.82. The van der Waals surface area contributed by atoms with Crippen molar-refractivity contribution < 1.29 is 19.5 Å². The normalized spacial score (nSPS) is 22.8. The Morgan fingerprint density at radius 1 is 1.00 bits per heavy atom. The molecule has 1 aliphatic carbocycles. The molecule has 7 nitrogen and oxygen atoms in total. The van der Waals surface area contributed by atoms with Gasteiger partial charge in [-0.1, -0.05) is 45.6 Å². The Morgan fingerprint density at radius 2 is 1.61 bits per heavy atom. The van der Waals surface area contributed by atoms with Gasteiger partial charge in [-0.25, -0.2) is 4.79 Å². The van der Waals surface area contributed by atoms with E-state index in [2.05, 4.69) is 24.1 Å². The molecule has 0 radical (unpaired) electrons. The fourth-order valence-electron chi connectivity index (χ4n) is 5.40. The van der Waals surface area contributed by atoms with E-state index < -0.39 is 12.0 Å². The summed E-state index contributed by atoms with van der Waals surface area (Å²) in [6, 6.07) is -0.836. The van der Waals surface area contributed by atoms with Crippen LogP contribution in [0.4, 0.5) is 0 Å². The molecule has 0 aromatic heterocycles. The summed E-state index contributed by atoms with van der Waals surface area (Å²) in [7, 11) is 1.74. The van der Waals surface area contributed by atoms with Crippen LogP contribution in [0.25, 0.3) is 0 Å². The largest absolute Gasteiger partial charge is 0.478 e. The van der Waals surface area contributed by atoms with Gasteiger partial charge < -0.3 is 15.3 Å². The predicted octanol–water partition coefficient (Wildman–Crippen LogP) is 3.83. The first-order valence-corrected chi connectivity index (χ1v) is 12.8. The number of amides is 2. The maximum absolute atomic E-state index is 13.8. The third-order valence-electron chi connectivity index (χ3n) is 7.43. The van der Waals surface area contributed by atoms with Crippen LogP contribution in [0.15, 0.2) is 11.6 Å². The van der Waals surface area contributed by atoms with Crippen molar-refractivity contribution in [1.29, 1.82) is 0 Å². The molecule has 1 saturated heterocycles. The van der Waals surface area contributed by atoms with E-state index in [9.17, 15) is 19.5 Å². The van der Waals surface area contributed by atoms with Crippen molar-refractivity contribution in [3.63, 3.8) is 0 Å². The van der Waals surface area contributed by atoms with Gasteiger partial charge in [-0.2, -0.15) is 0 Å². The highest BCUT2D eigenvalue weighted by Gasteiger charge is 2.38. The molecule has 0 aromatic carbocycles. The van der Waals surface area contributed by atoms with Gasteiger partial charge in [0.15, 0.2) is 0 Å². The fraction of sp³-hybridized carbons (Fsp3) is 0.808. The molecule has 7 heteroatoms. The monoisotopic (exact) mass is 463 g/mol. The topological polar surface area (TPSA) is 90.0 Å². The molecule has 0 bridgehead atoms. The first-order chi connectivity index (χ1) is 15.5. The molecule has 1 heterocycles. The van der Waals surface area contributed by atoms with Crippen molar-refractivity contribution in [3.05, 3.63) is 11.6 Å². The lowest BCUT2D eigenvalue weighted by molar-refractivity contribution is -0.141. The zero-order chi connectivity index (χ0) is 24.7. The molecule has 33 heavy (non-hydrogen) atoms. The summed E-state index contributed by atoms with van der Waals surface area (Å²) < 4.78 is 0. The molecule has 2 fully saturated rings. The molecule has 188 valence electrons. The highest BCUT2D eigenvalue weighted by atomic mass is 16.4. The summed E-state index contributed by atoms with van der Waals surface area (Å²) in [5.41, 5.74) is 0.224. The third-order valence-corrected chi connectivity index (χ3v) is 7.43. The molecule has 2 rings (SSSR count). The highest BCUT2D eigenvalue weighted by molar-refractivity contribution is 5.90. The predicted molar refractivity (Wildman–Crippen MR) is 131 cm³/mol. The summed E-state index contributed by atoms with van der Waals surface area (Å²) in [4.78, 5) is 42.6. The number of carboxylic acid groups (broad SMARTS) is 1.